The van der Waals surface area contributed by atoms with Crippen LogP contribution in [0.3, 0.4) is 0 Å². The molecule has 2 nitrogen and oxygen atoms in total. The van der Waals surface area contributed by atoms with Crippen molar-refractivity contribution >= 4 is 23.1 Å². The van der Waals surface area contributed by atoms with E-state index >= 15 is 0 Å². The lowest BCUT2D eigenvalue weighted by atomic mass is 9.82. The van der Waals surface area contributed by atoms with Crippen LogP contribution in [0.4, 0.5) is 0 Å². The average molecular weight is 312 g/mol. The molecular weight excluding hydrogens is 294 g/mol. The zero-order valence-corrected chi connectivity index (χ0v) is 13.1. The summed E-state index contributed by atoms with van der Waals surface area (Å²) in [6.07, 6.45) is 1.96. The molecule has 0 N–H and O–H groups in total. The van der Waals surface area contributed by atoms with Gasteiger partial charge in [0.25, 0.3) is 0 Å². The molecule has 0 bridgehead atoms. The number of halogens is 1. The third-order valence-electron chi connectivity index (χ3n) is 4.03. The third kappa shape index (κ3) is 3.83. The topological polar surface area (TPSA) is 29.4 Å². The summed E-state index contributed by atoms with van der Waals surface area (Å²) >= 11 is 5.93. The van der Waals surface area contributed by atoms with Gasteiger partial charge in [-0.3, -0.25) is 9.79 Å². The average Bonchev–Trinajstić information content (AvgIpc) is 2.54. The van der Waals surface area contributed by atoms with Gasteiger partial charge in [-0.2, -0.15) is 0 Å². The first-order chi connectivity index (χ1) is 10.7. The van der Waals surface area contributed by atoms with Gasteiger partial charge in [0.05, 0.1) is 6.54 Å². The second-order valence-electron chi connectivity index (χ2n) is 5.74. The normalized spacial score (nSPS) is 20.3. The molecular formula is C19H18ClNO. The van der Waals surface area contributed by atoms with Crippen LogP contribution in [0, 0.1) is 0 Å². The summed E-state index contributed by atoms with van der Waals surface area (Å²) in [7, 11) is 0. The molecule has 3 rings (SSSR count). The van der Waals surface area contributed by atoms with Crippen LogP contribution in [-0.4, -0.2) is 11.5 Å². The number of carbonyl (C=O) groups is 1. The fraction of sp³-hybridized carbons (Fsp3) is 0.263. The number of carbonyl (C=O) groups excluding carboxylic acids is 1. The van der Waals surface area contributed by atoms with Crippen molar-refractivity contribution in [2.75, 3.05) is 0 Å². The van der Waals surface area contributed by atoms with Gasteiger partial charge in [0.1, 0.15) is 5.78 Å². The largest absolute Gasteiger partial charge is 0.299 e. The van der Waals surface area contributed by atoms with E-state index in [1.165, 1.54) is 11.1 Å². The Morgan fingerprint density at radius 2 is 1.73 bits per heavy atom. The number of aliphatic imine (C=N–C) groups is 1. The van der Waals surface area contributed by atoms with Crippen LogP contribution in [-0.2, 0) is 11.3 Å². The quantitative estimate of drug-likeness (QED) is 0.799. The molecule has 0 aromatic heterocycles. The Balaban J connectivity index is 1.73. The number of benzene rings is 2. The van der Waals surface area contributed by atoms with Crippen molar-refractivity contribution < 1.29 is 4.79 Å². The molecule has 0 unspecified atom stereocenters. The maximum absolute atomic E-state index is 12.0. The van der Waals surface area contributed by atoms with Crippen LogP contribution in [0.5, 0.6) is 0 Å². The van der Waals surface area contributed by atoms with Gasteiger partial charge in [0, 0.05) is 23.6 Å². The highest BCUT2D eigenvalue weighted by Crippen LogP contribution is 2.30. The molecule has 1 saturated carbocycles. The summed E-state index contributed by atoms with van der Waals surface area (Å²) in [6.45, 7) is 0.650. The zero-order valence-electron chi connectivity index (χ0n) is 12.3. The molecule has 1 fully saturated rings. The lowest BCUT2D eigenvalue weighted by Crippen LogP contribution is -2.21. The van der Waals surface area contributed by atoms with Gasteiger partial charge in [0.2, 0.25) is 0 Å². The first kappa shape index (κ1) is 15.0. The van der Waals surface area contributed by atoms with Gasteiger partial charge in [-0.05, 0) is 35.6 Å². The van der Waals surface area contributed by atoms with E-state index in [1.54, 1.807) is 0 Å². The van der Waals surface area contributed by atoms with E-state index in [1.807, 2.05) is 42.5 Å². The SMILES string of the molecule is O=C1CC(=NCc2ccccc2)C[C@@H](c2ccc(Cl)cc2)C1. The Labute approximate surface area is 135 Å². The molecule has 0 radical (unpaired) electrons. The summed E-state index contributed by atoms with van der Waals surface area (Å²) in [5, 5.41) is 0.726. The molecule has 0 aliphatic heterocycles. The van der Waals surface area contributed by atoms with E-state index in [2.05, 4.69) is 17.1 Å². The van der Waals surface area contributed by atoms with Crippen LogP contribution in [0.1, 0.15) is 36.3 Å². The van der Waals surface area contributed by atoms with Gasteiger partial charge in [0.15, 0.2) is 0 Å². The second-order valence-corrected chi connectivity index (χ2v) is 6.18. The van der Waals surface area contributed by atoms with Crippen molar-refractivity contribution in [3.8, 4) is 0 Å². The predicted octanol–water partition coefficient (Wildman–Crippen LogP) is 4.82. The van der Waals surface area contributed by atoms with Crippen LogP contribution in [0.15, 0.2) is 59.6 Å². The van der Waals surface area contributed by atoms with Crippen molar-refractivity contribution in [1.82, 2.24) is 0 Å². The number of nitrogens with zero attached hydrogens (tertiary/aromatic N) is 1. The number of rotatable bonds is 3. The Kier molecular flexibility index (Phi) is 4.69. The number of hydrogen-bond acceptors (Lipinski definition) is 2. The highest BCUT2D eigenvalue weighted by molar-refractivity contribution is 6.30. The first-order valence-corrected chi connectivity index (χ1v) is 7.92. The van der Waals surface area contributed by atoms with Gasteiger partial charge in [-0.1, -0.05) is 54.1 Å². The highest BCUT2D eigenvalue weighted by atomic mass is 35.5. The minimum absolute atomic E-state index is 0.230. The van der Waals surface area contributed by atoms with E-state index in [9.17, 15) is 4.79 Å². The summed E-state index contributed by atoms with van der Waals surface area (Å²) in [5.74, 6) is 0.506. The van der Waals surface area contributed by atoms with E-state index in [4.69, 9.17) is 11.6 Å². The molecule has 1 aliphatic rings. The molecule has 22 heavy (non-hydrogen) atoms. The van der Waals surface area contributed by atoms with Crippen LogP contribution in [0.25, 0.3) is 0 Å². The smallest absolute Gasteiger partial charge is 0.139 e. The van der Waals surface area contributed by atoms with Crippen LogP contribution < -0.4 is 0 Å². The summed E-state index contributed by atoms with van der Waals surface area (Å²) in [6, 6.07) is 17.9. The first-order valence-electron chi connectivity index (χ1n) is 7.54. The van der Waals surface area contributed by atoms with E-state index in [-0.39, 0.29) is 11.7 Å². The van der Waals surface area contributed by atoms with Crippen LogP contribution >= 0.6 is 11.6 Å². The molecule has 2 aromatic carbocycles. The Morgan fingerprint density at radius 1 is 1.00 bits per heavy atom. The van der Waals surface area contributed by atoms with E-state index < -0.39 is 0 Å². The predicted molar refractivity (Wildman–Crippen MR) is 90.6 cm³/mol. The van der Waals surface area contributed by atoms with Gasteiger partial charge in [-0.25, -0.2) is 0 Å². The molecule has 3 heteroatoms. The van der Waals surface area contributed by atoms with Crippen molar-refractivity contribution in [2.45, 2.75) is 31.7 Å². The highest BCUT2D eigenvalue weighted by Gasteiger charge is 2.25. The number of Topliss-reactive ketones (excluding diaryl/α,β-unsaturated/α-hetero) is 1. The zero-order chi connectivity index (χ0) is 15.4. The molecule has 0 spiro atoms. The van der Waals surface area contributed by atoms with Crippen molar-refractivity contribution in [3.05, 3.63) is 70.7 Å². The lowest BCUT2D eigenvalue weighted by Gasteiger charge is -2.23. The fourth-order valence-corrected chi connectivity index (χ4v) is 3.01. The lowest BCUT2D eigenvalue weighted by molar-refractivity contribution is -0.118. The minimum atomic E-state index is 0.230. The summed E-state index contributed by atoms with van der Waals surface area (Å²) in [4.78, 5) is 16.7. The van der Waals surface area contributed by atoms with Crippen molar-refractivity contribution in [3.63, 3.8) is 0 Å². The molecule has 1 aliphatic carbocycles. The fourth-order valence-electron chi connectivity index (χ4n) is 2.88. The van der Waals surface area contributed by atoms with Gasteiger partial charge in [-0.15, -0.1) is 0 Å². The van der Waals surface area contributed by atoms with Crippen molar-refractivity contribution in [2.24, 2.45) is 4.99 Å². The summed E-state index contributed by atoms with van der Waals surface area (Å²) in [5.41, 5.74) is 3.36. The molecule has 1 atom stereocenters. The molecule has 0 saturated heterocycles. The maximum atomic E-state index is 12.0. The third-order valence-corrected chi connectivity index (χ3v) is 4.28. The minimum Gasteiger partial charge on any atom is -0.299 e. The number of ketones is 1. The molecule has 2 aromatic rings. The monoisotopic (exact) mass is 311 g/mol. The van der Waals surface area contributed by atoms with E-state index in [0.29, 0.717) is 19.4 Å². The molecule has 0 heterocycles. The number of hydrogen-bond donors (Lipinski definition) is 0. The molecule has 112 valence electrons. The van der Waals surface area contributed by atoms with Crippen LogP contribution in [0.2, 0.25) is 5.02 Å². The van der Waals surface area contributed by atoms with Gasteiger partial charge >= 0.3 is 0 Å². The Bertz CT molecular complexity index is 676. The Morgan fingerprint density at radius 3 is 2.45 bits per heavy atom. The Hall–Kier alpha value is -1.93. The maximum Gasteiger partial charge on any atom is 0.139 e. The van der Waals surface area contributed by atoms with E-state index in [0.717, 1.165) is 17.2 Å². The standard InChI is InChI=1S/C19H18ClNO/c20-17-8-6-15(7-9-17)16-10-18(12-19(22)11-16)21-13-14-4-2-1-3-5-14/h1-9,16H,10-13H2/t16-/m1/s1. The summed E-state index contributed by atoms with van der Waals surface area (Å²) < 4.78 is 0. The second kappa shape index (κ2) is 6.89. The molecule has 0 amide bonds. The van der Waals surface area contributed by atoms with Crippen molar-refractivity contribution in [1.29, 1.82) is 0 Å². The van der Waals surface area contributed by atoms with Gasteiger partial charge < -0.3 is 0 Å².